The summed E-state index contributed by atoms with van der Waals surface area (Å²) in [4.78, 5) is 11.7. The molecule has 1 aromatic carbocycles. The van der Waals surface area contributed by atoms with E-state index >= 15 is 0 Å². The zero-order valence-corrected chi connectivity index (χ0v) is 17.4. The highest BCUT2D eigenvalue weighted by Gasteiger charge is 2.52. The van der Waals surface area contributed by atoms with E-state index in [-0.39, 0.29) is 17.9 Å². The number of ether oxygens (including phenoxy) is 4. The first-order chi connectivity index (χ1) is 13.0. The van der Waals surface area contributed by atoms with Crippen LogP contribution < -0.4 is 10.1 Å². The fraction of sp³-hybridized carbons (Fsp3) is 0.667. The number of fused-ring (bicyclic) bond motifs is 1. The van der Waals surface area contributed by atoms with Crippen molar-refractivity contribution in [2.24, 2.45) is 0 Å². The zero-order chi connectivity index (χ0) is 20.7. The monoisotopic (exact) mass is 393 g/mol. The van der Waals surface area contributed by atoms with Crippen LogP contribution in [0.25, 0.3) is 0 Å². The van der Waals surface area contributed by atoms with Crippen LogP contribution in [0.2, 0.25) is 0 Å². The second kappa shape index (κ2) is 7.63. The van der Waals surface area contributed by atoms with Gasteiger partial charge in [0.25, 0.3) is 0 Å². The molecule has 2 saturated heterocycles. The standard InChI is InChI=1S/C21H31NO6/c1-12(23)22-16-17(24)18-15(11-25-21(5,6)28-18)27-19(16)26-14-9-7-13(8-10-14)20(2,3)4/h7-10,15-19,24H,11H2,1-6H3,(H,22,23)/t15-,16+,17-,18+,19+/m1/s1. The first-order valence-electron chi connectivity index (χ1n) is 9.66. The molecule has 0 aliphatic carbocycles. The molecule has 7 heteroatoms. The molecule has 28 heavy (non-hydrogen) atoms. The van der Waals surface area contributed by atoms with E-state index in [1.165, 1.54) is 12.5 Å². The predicted octanol–water partition coefficient (Wildman–Crippen LogP) is 2.10. The number of aliphatic hydroxyl groups is 1. The molecule has 0 radical (unpaired) electrons. The van der Waals surface area contributed by atoms with Gasteiger partial charge in [0.15, 0.2) is 5.79 Å². The maximum Gasteiger partial charge on any atom is 0.223 e. The van der Waals surface area contributed by atoms with Gasteiger partial charge < -0.3 is 29.4 Å². The first kappa shape index (κ1) is 21.0. The van der Waals surface area contributed by atoms with E-state index in [1.807, 2.05) is 24.3 Å². The Morgan fingerprint density at radius 2 is 1.89 bits per heavy atom. The minimum absolute atomic E-state index is 0.0333. The van der Waals surface area contributed by atoms with Crippen LogP contribution in [0.5, 0.6) is 5.75 Å². The number of benzene rings is 1. The van der Waals surface area contributed by atoms with E-state index in [0.29, 0.717) is 5.75 Å². The number of nitrogens with one attached hydrogen (secondary N) is 1. The lowest BCUT2D eigenvalue weighted by Gasteiger charge is -2.49. The van der Waals surface area contributed by atoms with E-state index in [4.69, 9.17) is 18.9 Å². The molecule has 2 heterocycles. The smallest absolute Gasteiger partial charge is 0.223 e. The molecule has 3 rings (SSSR count). The van der Waals surface area contributed by atoms with E-state index < -0.39 is 36.4 Å². The van der Waals surface area contributed by atoms with Crippen molar-refractivity contribution in [3.05, 3.63) is 29.8 Å². The van der Waals surface area contributed by atoms with Gasteiger partial charge in [-0.15, -0.1) is 0 Å². The minimum Gasteiger partial charge on any atom is -0.463 e. The molecule has 1 aromatic rings. The molecule has 5 atom stereocenters. The Bertz CT molecular complexity index is 696. The van der Waals surface area contributed by atoms with Crippen molar-refractivity contribution in [1.29, 1.82) is 0 Å². The first-order valence-corrected chi connectivity index (χ1v) is 9.66. The van der Waals surface area contributed by atoms with Gasteiger partial charge in [0, 0.05) is 6.92 Å². The van der Waals surface area contributed by atoms with Crippen molar-refractivity contribution >= 4 is 5.91 Å². The lowest BCUT2D eigenvalue weighted by atomic mass is 9.87. The summed E-state index contributed by atoms with van der Waals surface area (Å²) < 4.78 is 23.5. The fourth-order valence-electron chi connectivity index (χ4n) is 3.50. The largest absolute Gasteiger partial charge is 0.463 e. The van der Waals surface area contributed by atoms with E-state index in [9.17, 15) is 9.90 Å². The highest BCUT2D eigenvalue weighted by Crippen LogP contribution is 2.33. The van der Waals surface area contributed by atoms with Crippen LogP contribution in [0.1, 0.15) is 47.1 Å². The van der Waals surface area contributed by atoms with Gasteiger partial charge in [-0.05, 0) is 37.0 Å². The van der Waals surface area contributed by atoms with Gasteiger partial charge in [-0.1, -0.05) is 32.9 Å². The molecule has 7 nitrogen and oxygen atoms in total. The Balaban J connectivity index is 1.79. The molecular weight excluding hydrogens is 362 g/mol. The third-order valence-corrected chi connectivity index (χ3v) is 5.03. The van der Waals surface area contributed by atoms with Crippen molar-refractivity contribution < 1.29 is 28.8 Å². The quantitative estimate of drug-likeness (QED) is 0.818. The lowest BCUT2D eigenvalue weighted by molar-refractivity contribution is -0.361. The van der Waals surface area contributed by atoms with E-state index in [2.05, 4.69) is 26.1 Å². The molecule has 2 aliphatic heterocycles. The SMILES string of the molecule is CC(=O)N[C@@H]1[C@@H](Oc2ccc(C(C)(C)C)cc2)O[C@@H]2COC(C)(C)O[C@@H]2[C@@H]1O. The Labute approximate surface area is 166 Å². The summed E-state index contributed by atoms with van der Waals surface area (Å²) in [6.45, 7) is 11.6. The summed E-state index contributed by atoms with van der Waals surface area (Å²) in [5, 5.41) is 13.6. The molecule has 2 N–H and O–H groups in total. The molecule has 2 fully saturated rings. The molecule has 0 spiro atoms. The number of amides is 1. The van der Waals surface area contributed by atoms with Gasteiger partial charge in [0.2, 0.25) is 12.2 Å². The Morgan fingerprint density at radius 1 is 1.25 bits per heavy atom. The van der Waals surface area contributed by atoms with Gasteiger partial charge in [0.1, 0.15) is 30.1 Å². The molecule has 2 aliphatic rings. The lowest BCUT2D eigenvalue weighted by Crippen LogP contribution is -2.69. The van der Waals surface area contributed by atoms with Crippen LogP contribution >= 0.6 is 0 Å². The summed E-state index contributed by atoms with van der Waals surface area (Å²) in [5.74, 6) is -0.519. The molecule has 0 bridgehead atoms. The average molecular weight is 393 g/mol. The van der Waals surface area contributed by atoms with Crippen LogP contribution in [-0.2, 0) is 24.4 Å². The van der Waals surface area contributed by atoms with Gasteiger partial charge >= 0.3 is 0 Å². The predicted molar refractivity (Wildman–Crippen MR) is 103 cm³/mol. The van der Waals surface area contributed by atoms with Gasteiger partial charge in [0.05, 0.1) is 6.61 Å². The Kier molecular flexibility index (Phi) is 5.74. The van der Waals surface area contributed by atoms with Crippen LogP contribution in [0, 0.1) is 0 Å². The van der Waals surface area contributed by atoms with E-state index in [1.54, 1.807) is 13.8 Å². The van der Waals surface area contributed by atoms with Crippen LogP contribution in [-0.4, -0.2) is 54.1 Å². The summed E-state index contributed by atoms with van der Waals surface area (Å²) in [6, 6.07) is 6.96. The van der Waals surface area contributed by atoms with E-state index in [0.717, 1.165) is 0 Å². The fourth-order valence-corrected chi connectivity index (χ4v) is 3.50. The van der Waals surface area contributed by atoms with Gasteiger partial charge in [-0.3, -0.25) is 4.79 Å². The molecule has 0 aromatic heterocycles. The van der Waals surface area contributed by atoms with Crippen molar-refractivity contribution in [3.63, 3.8) is 0 Å². The van der Waals surface area contributed by atoms with Crippen molar-refractivity contribution in [2.75, 3.05) is 6.61 Å². The third kappa shape index (κ3) is 4.66. The number of rotatable bonds is 3. The summed E-state index contributed by atoms with van der Waals surface area (Å²) in [7, 11) is 0. The van der Waals surface area contributed by atoms with Crippen molar-refractivity contribution in [3.8, 4) is 5.75 Å². The molecule has 0 saturated carbocycles. The van der Waals surface area contributed by atoms with Gasteiger partial charge in [-0.25, -0.2) is 0 Å². The molecule has 0 unspecified atom stereocenters. The number of hydrogen-bond donors (Lipinski definition) is 2. The van der Waals surface area contributed by atoms with Crippen molar-refractivity contribution in [2.45, 2.75) is 83.4 Å². The normalized spacial score (nSPS) is 32.3. The second-order valence-electron chi connectivity index (χ2n) is 8.95. The van der Waals surface area contributed by atoms with Crippen LogP contribution in [0.4, 0.5) is 0 Å². The van der Waals surface area contributed by atoms with Crippen molar-refractivity contribution in [1.82, 2.24) is 5.32 Å². The molecular formula is C21H31NO6. The Morgan fingerprint density at radius 3 is 2.46 bits per heavy atom. The topological polar surface area (TPSA) is 86.3 Å². The summed E-state index contributed by atoms with van der Waals surface area (Å²) >= 11 is 0. The highest BCUT2D eigenvalue weighted by atomic mass is 16.8. The van der Waals surface area contributed by atoms with Crippen LogP contribution in [0.15, 0.2) is 24.3 Å². The molecule has 1 amide bonds. The molecule has 156 valence electrons. The summed E-state index contributed by atoms with van der Waals surface area (Å²) in [5.41, 5.74) is 1.21. The van der Waals surface area contributed by atoms with Gasteiger partial charge in [-0.2, -0.15) is 0 Å². The Hall–Kier alpha value is -1.67. The third-order valence-electron chi connectivity index (χ3n) is 5.03. The number of hydrogen-bond acceptors (Lipinski definition) is 6. The summed E-state index contributed by atoms with van der Waals surface area (Å²) in [6.07, 6.45) is -2.98. The average Bonchev–Trinajstić information content (AvgIpc) is 2.58. The van der Waals surface area contributed by atoms with Crippen LogP contribution in [0.3, 0.4) is 0 Å². The minimum atomic E-state index is -0.996. The number of carbonyl (C=O) groups excluding carboxylic acids is 1. The number of carbonyl (C=O) groups is 1. The zero-order valence-electron chi connectivity index (χ0n) is 17.4. The number of aliphatic hydroxyl groups excluding tert-OH is 1. The maximum absolute atomic E-state index is 11.7. The maximum atomic E-state index is 11.7. The highest BCUT2D eigenvalue weighted by molar-refractivity contribution is 5.73. The second-order valence-corrected chi connectivity index (χ2v) is 8.95.